The first kappa shape index (κ1) is 17.6. The molecule has 0 aliphatic heterocycles. The average Bonchev–Trinajstić information content (AvgIpc) is 2.44. The summed E-state index contributed by atoms with van der Waals surface area (Å²) >= 11 is 0. The third kappa shape index (κ3) is 4.61. The van der Waals surface area contributed by atoms with Crippen molar-refractivity contribution in [2.45, 2.75) is 32.9 Å². The van der Waals surface area contributed by atoms with Crippen molar-refractivity contribution in [3.8, 4) is 5.88 Å². The quantitative estimate of drug-likeness (QED) is 0.658. The molecule has 0 saturated heterocycles. The maximum Gasteiger partial charge on any atom is 0.275 e. The molecule has 0 saturated carbocycles. The van der Waals surface area contributed by atoms with E-state index in [2.05, 4.69) is 10.3 Å². The van der Waals surface area contributed by atoms with E-state index in [4.69, 9.17) is 4.74 Å². The highest BCUT2D eigenvalue weighted by Crippen LogP contribution is 2.25. The molecule has 2 aromatic rings. The van der Waals surface area contributed by atoms with Crippen molar-refractivity contribution in [3.63, 3.8) is 0 Å². The summed E-state index contributed by atoms with van der Waals surface area (Å²) in [7, 11) is 0. The number of ether oxygens (including phenoxy) is 1. The lowest BCUT2D eigenvalue weighted by molar-refractivity contribution is -0.385. The van der Waals surface area contributed by atoms with Gasteiger partial charge in [-0.2, -0.15) is 0 Å². The van der Waals surface area contributed by atoms with Crippen LogP contribution in [0.2, 0.25) is 0 Å². The third-order valence-electron chi connectivity index (χ3n) is 2.92. The standard InChI is InChI=1S/C16H17F2N3O3/c1-16(2,3)24-14-6-10(4-5-19-14)9-20-15-12(17)7-11(21(22)23)8-13(15)18/h4-8,20H,9H2,1-3H3. The number of anilines is 1. The number of pyridine rings is 1. The summed E-state index contributed by atoms with van der Waals surface area (Å²) in [5.74, 6) is -1.66. The second-order valence-corrected chi connectivity index (χ2v) is 6.11. The van der Waals surface area contributed by atoms with Crippen LogP contribution in [0.5, 0.6) is 5.88 Å². The summed E-state index contributed by atoms with van der Waals surface area (Å²) in [6.45, 7) is 5.73. The molecule has 0 spiro atoms. The van der Waals surface area contributed by atoms with Gasteiger partial charge in [-0.05, 0) is 32.4 Å². The Bertz CT molecular complexity index is 737. The van der Waals surface area contributed by atoms with Gasteiger partial charge in [0.1, 0.15) is 11.3 Å². The third-order valence-corrected chi connectivity index (χ3v) is 2.92. The Morgan fingerprint density at radius 1 is 1.25 bits per heavy atom. The highest BCUT2D eigenvalue weighted by atomic mass is 19.1. The zero-order chi connectivity index (χ0) is 17.9. The predicted molar refractivity (Wildman–Crippen MR) is 85.0 cm³/mol. The first-order chi connectivity index (χ1) is 11.2. The number of nitrogens with one attached hydrogen (secondary N) is 1. The van der Waals surface area contributed by atoms with Crippen molar-refractivity contribution < 1.29 is 18.4 Å². The van der Waals surface area contributed by atoms with Gasteiger partial charge in [0.05, 0.1) is 17.1 Å². The Kier molecular flexibility index (Phi) is 4.96. The number of hydrogen-bond acceptors (Lipinski definition) is 5. The van der Waals surface area contributed by atoms with Crippen LogP contribution in [-0.4, -0.2) is 15.5 Å². The largest absolute Gasteiger partial charge is 0.472 e. The van der Waals surface area contributed by atoms with Crippen molar-refractivity contribution in [1.82, 2.24) is 4.98 Å². The van der Waals surface area contributed by atoms with Crippen molar-refractivity contribution in [1.29, 1.82) is 0 Å². The number of nitrogens with zero attached hydrogens (tertiary/aromatic N) is 2. The number of nitro benzene ring substituents is 1. The van der Waals surface area contributed by atoms with E-state index in [9.17, 15) is 18.9 Å². The molecule has 0 aliphatic rings. The van der Waals surface area contributed by atoms with E-state index in [1.165, 1.54) is 6.20 Å². The summed E-state index contributed by atoms with van der Waals surface area (Å²) in [4.78, 5) is 13.8. The van der Waals surface area contributed by atoms with Crippen LogP contribution in [0, 0.1) is 21.7 Å². The van der Waals surface area contributed by atoms with E-state index >= 15 is 0 Å². The lowest BCUT2D eigenvalue weighted by Gasteiger charge is -2.20. The maximum absolute atomic E-state index is 13.8. The van der Waals surface area contributed by atoms with E-state index in [-0.39, 0.29) is 6.54 Å². The van der Waals surface area contributed by atoms with Gasteiger partial charge >= 0.3 is 0 Å². The van der Waals surface area contributed by atoms with E-state index in [0.29, 0.717) is 23.6 Å². The first-order valence-electron chi connectivity index (χ1n) is 7.17. The van der Waals surface area contributed by atoms with Gasteiger partial charge < -0.3 is 10.1 Å². The Balaban J connectivity index is 2.14. The molecule has 2 rings (SSSR count). The van der Waals surface area contributed by atoms with Gasteiger partial charge in [-0.1, -0.05) is 0 Å². The zero-order valence-corrected chi connectivity index (χ0v) is 13.5. The SMILES string of the molecule is CC(C)(C)Oc1cc(CNc2c(F)cc([N+](=O)[O-])cc2F)ccn1. The molecule has 1 aromatic carbocycles. The first-order valence-corrected chi connectivity index (χ1v) is 7.17. The number of non-ortho nitro benzene ring substituents is 1. The summed E-state index contributed by atoms with van der Waals surface area (Å²) in [5.41, 5.74) is -0.784. The highest BCUT2D eigenvalue weighted by molar-refractivity contribution is 5.52. The summed E-state index contributed by atoms with van der Waals surface area (Å²) in [5, 5.41) is 13.2. The molecule has 1 aromatic heterocycles. The van der Waals surface area contributed by atoms with Crippen LogP contribution in [0.3, 0.4) is 0 Å². The number of benzene rings is 1. The fourth-order valence-corrected chi connectivity index (χ4v) is 1.95. The molecule has 1 heterocycles. The minimum atomic E-state index is -1.03. The molecular formula is C16H17F2N3O3. The Morgan fingerprint density at radius 3 is 2.42 bits per heavy atom. The molecular weight excluding hydrogens is 320 g/mol. The van der Waals surface area contributed by atoms with Crippen LogP contribution in [0.4, 0.5) is 20.2 Å². The van der Waals surface area contributed by atoms with Crippen molar-refractivity contribution >= 4 is 11.4 Å². The molecule has 0 atom stereocenters. The maximum atomic E-state index is 13.8. The molecule has 128 valence electrons. The average molecular weight is 337 g/mol. The van der Waals surface area contributed by atoms with Gasteiger partial charge in [-0.15, -0.1) is 0 Å². The van der Waals surface area contributed by atoms with E-state index in [0.717, 1.165) is 0 Å². The summed E-state index contributed by atoms with van der Waals surface area (Å²) < 4.78 is 33.3. The Hall–Kier alpha value is -2.77. The van der Waals surface area contributed by atoms with Gasteiger partial charge in [-0.25, -0.2) is 13.8 Å². The minimum absolute atomic E-state index is 0.106. The van der Waals surface area contributed by atoms with Gasteiger partial charge in [0, 0.05) is 18.8 Å². The summed E-state index contributed by atoms with van der Waals surface area (Å²) in [6.07, 6.45) is 1.53. The normalized spacial score (nSPS) is 11.2. The van der Waals surface area contributed by atoms with E-state index < -0.39 is 33.5 Å². The van der Waals surface area contributed by atoms with Gasteiger partial charge in [-0.3, -0.25) is 10.1 Å². The van der Waals surface area contributed by atoms with Gasteiger partial charge in [0.25, 0.3) is 5.69 Å². The fraction of sp³-hybridized carbons (Fsp3) is 0.312. The molecule has 0 unspecified atom stereocenters. The molecule has 0 bridgehead atoms. The van der Waals surface area contributed by atoms with Crippen LogP contribution in [0.1, 0.15) is 26.3 Å². The van der Waals surface area contributed by atoms with E-state index in [1.807, 2.05) is 20.8 Å². The van der Waals surface area contributed by atoms with E-state index in [1.54, 1.807) is 12.1 Å². The number of rotatable bonds is 5. The Labute approximate surface area is 137 Å². The molecule has 0 aliphatic carbocycles. The monoisotopic (exact) mass is 337 g/mol. The molecule has 0 fully saturated rings. The smallest absolute Gasteiger partial charge is 0.275 e. The molecule has 24 heavy (non-hydrogen) atoms. The second kappa shape index (κ2) is 6.77. The predicted octanol–water partition coefficient (Wildman–Crippen LogP) is 4.06. The highest BCUT2D eigenvalue weighted by Gasteiger charge is 2.17. The molecule has 0 radical (unpaired) electrons. The minimum Gasteiger partial charge on any atom is -0.472 e. The van der Waals surface area contributed by atoms with Crippen LogP contribution in [-0.2, 0) is 6.54 Å². The van der Waals surface area contributed by atoms with Gasteiger partial charge in [0.2, 0.25) is 5.88 Å². The molecule has 6 nitrogen and oxygen atoms in total. The number of halogens is 2. The molecule has 8 heteroatoms. The van der Waals surface area contributed by atoms with Crippen LogP contribution in [0.25, 0.3) is 0 Å². The van der Waals surface area contributed by atoms with Crippen molar-refractivity contribution in [2.24, 2.45) is 0 Å². The second-order valence-electron chi connectivity index (χ2n) is 6.11. The number of aromatic nitrogens is 1. The number of hydrogen-bond donors (Lipinski definition) is 1. The topological polar surface area (TPSA) is 77.3 Å². The lowest BCUT2D eigenvalue weighted by Crippen LogP contribution is -2.23. The van der Waals surface area contributed by atoms with Crippen LogP contribution >= 0.6 is 0 Å². The lowest BCUT2D eigenvalue weighted by atomic mass is 10.2. The Morgan fingerprint density at radius 2 is 1.88 bits per heavy atom. The molecule has 0 amide bonds. The van der Waals surface area contributed by atoms with Crippen LogP contribution < -0.4 is 10.1 Å². The van der Waals surface area contributed by atoms with Crippen LogP contribution in [0.15, 0.2) is 30.5 Å². The zero-order valence-electron chi connectivity index (χ0n) is 13.5. The number of nitro groups is 1. The summed E-state index contributed by atoms with van der Waals surface area (Å²) in [6, 6.07) is 4.67. The molecule has 1 N–H and O–H groups in total. The fourth-order valence-electron chi connectivity index (χ4n) is 1.95. The van der Waals surface area contributed by atoms with Gasteiger partial charge in [0.15, 0.2) is 11.6 Å². The van der Waals surface area contributed by atoms with Crippen molar-refractivity contribution in [3.05, 3.63) is 57.8 Å². The van der Waals surface area contributed by atoms with Crippen molar-refractivity contribution in [2.75, 3.05) is 5.32 Å².